The van der Waals surface area contributed by atoms with Crippen LogP contribution in [0.3, 0.4) is 0 Å². The minimum Gasteiger partial charge on any atom is -0.475 e. The number of carboxylic acids is 1. The highest BCUT2D eigenvalue weighted by molar-refractivity contribution is 9.10. The number of benzene rings is 1. The molecule has 1 heterocycles. The Bertz CT molecular complexity index is 479. The molecule has 0 saturated carbocycles. The Morgan fingerprint density at radius 1 is 1.50 bits per heavy atom. The van der Waals surface area contributed by atoms with Crippen molar-refractivity contribution in [2.24, 2.45) is 0 Å². The first-order valence-electron chi connectivity index (χ1n) is 3.70. The summed E-state index contributed by atoms with van der Waals surface area (Å²) in [5.41, 5.74) is 0.211. The van der Waals surface area contributed by atoms with Gasteiger partial charge in [-0.2, -0.15) is 0 Å². The number of carbonyl (C=O) groups is 1. The summed E-state index contributed by atoms with van der Waals surface area (Å²) in [4.78, 5) is 10.6. The van der Waals surface area contributed by atoms with Crippen molar-refractivity contribution >= 4 is 32.9 Å². The maximum absolute atomic E-state index is 13.2. The molecule has 0 atom stereocenters. The molecule has 72 valence electrons. The molecule has 0 saturated heterocycles. The maximum atomic E-state index is 13.2. The van der Waals surface area contributed by atoms with Gasteiger partial charge in [-0.3, -0.25) is 0 Å². The summed E-state index contributed by atoms with van der Waals surface area (Å²) >= 11 is 3.14. The van der Waals surface area contributed by atoms with Crippen LogP contribution < -0.4 is 0 Å². The first-order chi connectivity index (χ1) is 6.59. The van der Waals surface area contributed by atoms with Crippen LogP contribution in [0.15, 0.2) is 27.1 Å². The zero-order chi connectivity index (χ0) is 10.3. The molecule has 14 heavy (non-hydrogen) atoms. The first kappa shape index (κ1) is 9.21. The predicted molar refractivity (Wildman–Crippen MR) is 50.8 cm³/mol. The smallest absolute Gasteiger partial charge is 0.371 e. The average molecular weight is 259 g/mol. The van der Waals surface area contributed by atoms with Crippen LogP contribution in [0.25, 0.3) is 11.0 Å². The van der Waals surface area contributed by atoms with Gasteiger partial charge in [0.05, 0.1) is 9.86 Å². The van der Waals surface area contributed by atoms with Crippen molar-refractivity contribution in [2.75, 3.05) is 0 Å². The third kappa shape index (κ3) is 1.29. The van der Waals surface area contributed by atoms with E-state index in [4.69, 9.17) is 9.52 Å². The van der Waals surface area contributed by atoms with Gasteiger partial charge < -0.3 is 9.52 Å². The Labute approximate surface area is 86.3 Å². The molecule has 2 rings (SSSR count). The fraction of sp³-hybridized carbons (Fsp3) is 0. The molecule has 0 spiro atoms. The zero-order valence-electron chi connectivity index (χ0n) is 6.75. The molecule has 0 aliphatic carbocycles. The summed E-state index contributed by atoms with van der Waals surface area (Å²) in [6, 6.07) is 3.87. The lowest BCUT2D eigenvalue weighted by Crippen LogP contribution is -1.91. The summed E-state index contributed by atoms with van der Waals surface area (Å²) in [5.74, 6) is -1.99. The molecule has 2 aromatic rings. The maximum Gasteiger partial charge on any atom is 0.371 e. The molecule has 3 nitrogen and oxygen atoms in total. The highest BCUT2D eigenvalue weighted by Crippen LogP contribution is 2.29. The number of hydrogen-bond acceptors (Lipinski definition) is 2. The lowest BCUT2D eigenvalue weighted by molar-refractivity contribution is 0.0665. The first-order valence-corrected chi connectivity index (χ1v) is 4.49. The molecular weight excluding hydrogens is 255 g/mol. The number of carboxylic acid groups (broad SMARTS) is 1. The van der Waals surface area contributed by atoms with Gasteiger partial charge in [0, 0.05) is 6.07 Å². The van der Waals surface area contributed by atoms with Gasteiger partial charge in [0.25, 0.3) is 0 Å². The number of halogens is 2. The molecule has 1 aromatic carbocycles. The zero-order valence-corrected chi connectivity index (χ0v) is 8.34. The van der Waals surface area contributed by atoms with Crippen LogP contribution in [0.2, 0.25) is 0 Å². The van der Waals surface area contributed by atoms with Crippen molar-refractivity contribution in [2.45, 2.75) is 0 Å². The van der Waals surface area contributed by atoms with Crippen molar-refractivity contribution < 1.29 is 18.7 Å². The topological polar surface area (TPSA) is 50.4 Å². The van der Waals surface area contributed by atoms with Gasteiger partial charge in [-0.1, -0.05) is 0 Å². The van der Waals surface area contributed by atoms with E-state index in [1.807, 2.05) is 0 Å². The van der Waals surface area contributed by atoms with Crippen molar-refractivity contribution in [3.05, 3.63) is 34.2 Å². The molecular formula is C9H4BrFO3. The summed E-state index contributed by atoms with van der Waals surface area (Å²) in [5, 5.41) is 8.80. The van der Waals surface area contributed by atoms with E-state index >= 15 is 0 Å². The molecule has 1 aromatic heterocycles. The van der Waals surface area contributed by atoms with Crippen LogP contribution >= 0.6 is 15.9 Å². The molecule has 0 fully saturated rings. The Morgan fingerprint density at radius 3 is 2.79 bits per heavy atom. The highest BCUT2D eigenvalue weighted by atomic mass is 79.9. The van der Waals surface area contributed by atoms with Gasteiger partial charge in [-0.15, -0.1) is 0 Å². The van der Waals surface area contributed by atoms with Gasteiger partial charge >= 0.3 is 5.97 Å². The van der Waals surface area contributed by atoms with Crippen LogP contribution in [-0.4, -0.2) is 11.1 Å². The van der Waals surface area contributed by atoms with Gasteiger partial charge in [-0.25, -0.2) is 9.18 Å². The number of fused-ring (bicyclic) bond motifs is 1. The number of rotatable bonds is 1. The van der Waals surface area contributed by atoms with E-state index in [2.05, 4.69) is 15.9 Å². The van der Waals surface area contributed by atoms with E-state index < -0.39 is 11.8 Å². The molecule has 0 aliphatic heterocycles. The second kappa shape index (κ2) is 3.09. The van der Waals surface area contributed by atoms with Crippen LogP contribution in [-0.2, 0) is 0 Å². The lowest BCUT2D eigenvalue weighted by atomic mass is 10.2. The SMILES string of the molecule is O=C(O)c1cc2c(F)ccc(Br)c2o1. The van der Waals surface area contributed by atoms with Crippen LogP contribution in [0.5, 0.6) is 0 Å². The summed E-state index contributed by atoms with van der Waals surface area (Å²) < 4.78 is 18.7. The second-order valence-electron chi connectivity index (χ2n) is 2.69. The van der Waals surface area contributed by atoms with E-state index in [0.29, 0.717) is 4.47 Å². The van der Waals surface area contributed by atoms with Crippen LogP contribution in [0.1, 0.15) is 10.6 Å². The van der Waals surface area contributed by atoms with Gasteiger partial charge in [0.1, 0.15) is 5.82 Å². The standard InChI is InChI=1S/C9H4BrFO3/c10-5-1-2-6(11)4-3-7(9(12)13)14-8(4)5/h1-3H,(H,12,13). The van der Waals surface area contributed by atoms with Crippen molar-refractivity contribution in [3.63, 3.8) is 0 Å². The fourth-order valence-electron chi connectivity index (χ4n) is 1.16. The summed E-state index contributed by atoms with van der Waals surface area (Å²) in [7, 11) is 0. The third-order valence-corrected chi connectivity index (χ3v) is 2.42. The van der Waals surface area contributed by atoms with Gasteiger partial charge in [0.15, 0.2) is 5.58 Å². The van der Waals surface area contributed by atoms with Gasteiger partial charge in [0.2, 0.25) is 5.76 Å². The van der Waals surface area contributed by atoms with Crippen LogP contribution in [0, 0.1) is 5.82 Å². The van der Waals surface area contributed by atoms with E-state index in [-0.39, 0.29) is 16.7 Å². The van der Waals surface area contributed by atoms with Gasteiger partial charge in [-0.05, 0) is 28.1 Å². The summed E-state index contributed by atoms with van der Waals surface area (Å²) in [6.45, 7) is 0. The Kier molecular flexibility index (Phi) is 2.03. The molecule has 0 aliphatic rings. The van der Waals surface area contributed by atoms with E-state index in [1.165, 1.54) is 12.1 Å². The number of hydrogen-bond donors (Lipinski definition) is 1. The molecule has 0 amide bonds. The van der Waals surface area contributed by atoms with E-state index in [0.717, 1.165) is 6.07 Å². The largest absolute Gasteiger partial charge is 0.475 e. The van der Waals surface area contributed by atoms with Crippen LogP contribution in [0.4, 0.5) is 4.39 Å². The predicted octanol–water partition coefficient (Wildman–Crippen LogP) is 3.03. The quantitative estimate of drug-likeness (QED) is 0.856. The molecule has 0 radical (unpaired) electrons. The highest BCUT2D eigenvalue weighted by Gasteiger charge is 2.14. The van der Waals surface area contributed by atoms with Crippen molar-refractivity contribution in [1.82, 2.24) is 0 Å². The monoisotopic (exact) mass is 258 g/mol. The normalized spacial score (nSPS) is 10.7. The molecule has 0 unspecified atom stereocenters. The Hall–Kier alpha value is -1.36. The lowest BCUT2D eigenvalue weighted by Gasteiger charge is -1.92. The second-order valence-corrected chi connectivity index (χ2v) is 3.54. The number of furan rings is 1. The van der Waals surface area contributed by atoms with E-state index in [1.54, 1.807) is 0 Å². The Balaban J connectivity index is 2.82. The molecule has 1 N–H and O–H groups in total. The summed E-state index contributed by atoms with van der Waals surface area (Å²) in [6.07, 6.45) is 0. The average Bonchev–Trinajstić information content (AvgIpc) is 2.57. The van der Waals surface area contributed by atoms with Crippen molar-refractivity contribution in [1.29, 1.82) is 0 Å². The number of aromatic carboxylic acids is 1. The van der Waals surface area contributed by atoms with Crippen molar-refractivity contribution in [3.8, 4) is 0 Å². The fourth-order valence-corrected chi connectivity index (χ4v) is 1.59. The van der Waals surface area contributed by atoms with E-state index in [9.17, 15) is 9.18 Å². The molecule has 0 bridgehead atoms. The minimum atomic E-state index is -1.22. The third-order valence-electron chi connectivity index (χ3n) is 1.79. The Morgan fingerprint density at radius 2 is 2.21 bits per heavy atom. The minimum absolute atomic E-state index is 0.164. The molecule has 5 heteroatoms.